The maximum absolute atomic E-state index is 14.3. The van der Waals surface area contributed by atoms with E-state index in [0.29, 0.717) is 37.2 Å². The lowest BCUT2D eigenvalue weighted by Crippen LogP contribution is -2.22. The molecule has 30 heavy (non-hydrogen) atoms. The van der Waals surface area contributed by atoms with Gasteiger partial charge in [0.15, 0.2) is 10.9 Å². The van der Waals surface area contributed by atoms with E-state index < -0.39 is 5.82 Å². The average molecular weight is 430 g/mol. The van der Waals surface area contributed by atoms with E-state index in [1.807, 2.05) is 28.8 Å². The van der Waals surface area contributed by atoms with Crippen LogP contribution >= 0.6 is 11.8 Å². The first-order valence-corrected chi connectivity index (χ1v) is 10.6. The third kappa shape index (κ3) is 5.46. The zero-order chi connectivity index (χ0) is 21.5. The quantitative estimate of drug-likeness (QED) is 0.395. The van der Waals surface area contributed by atoms with Crippen LogP contribution in [0.1, 0.15) is 22.8 Å². The molecule has 0 fully saturated rings. The molecule has 8 heteroatoms. The predicted octanol–water partition coefficient (Wildman–Crippen LogP) is 3.48. The van der Waals surface area contributed by atoms with Crippen LogP contribution in [0, 0.1) is 5.82 Å². The fourth-order valence-corrected chi connectivity index (χ4v) is 4.01. The van der Waals surface area contributed by atoms with Crippen molar-refractivity contribution in [2.45, 2.75) is 25.0 Å². The van der Waals surface area contributed by atoms with Gasteiger partial charge in [-0.1, -0.05) is 36.0 Å². The van der Waals surface area contributed by atoms with Crippen molar-refractivity contribution in [1.29, 1.82) is 0 Å². The number of carbonyl (C=O) groups excluding carboxylic acids is 2. The molecule has 1 aromatic heterocycles. The van der Waals surface area contributed by atoms with Gasteiger partial charge in [-0.2, -0.15) is 0 Å². The second-order valence-corrected chi connectivity index (χ2v) is 7.72. The standard InChI is InChI=1S/C22H24FN3O3S/c1-15(27)24-10-9-16-7-8-17(13-18(16)23)21(28)14-30-22-25-19-5-3-4-6-20(19)26(22)11-12-29-2/h3-8,13H,9-12,14H2,1-2H3,(H,24,27). The molecule has 1 N–H and O–H groups in total. The van der Waals surface area contributed by atoms with Crippen LogP contribution in [0.3, 0.4) is 0 Å². The number of carbonyl (C=O) groups is 2. The Morgan fingerprint density at radius 1 is 1.23 bits per heavy atom. The third-order valence-electron chi connectivity index (χ3n) is 4.61. The van der Waals surface area contributed by atoms with Crippen LogP contribution in [0.4, 0.5) is 4.39 Å². The van der Waals surface area contributed by atoms with E-state index in [9.17, 15) is 14.0 Å². The maximum atomic E-state index is 14.3. The van der Waals surface area contributed by atoms with Crippen molar-refractivity contribution in [3.05, 3.63) is 59.4 Å². The molecule has 0 aliphatic heterocycles. The van der Waals surface area contributed by atoms with Gasteiger partial charge in [-0.25, -0.2) is 9.37 Å². The van der Waals surface area contributed by atoms with Gasteiger partial charge in [-0.05, 0) is 30.2 Å². The molecule has 3 aromatic rings. The number of amides is 1. The average Bonchev–Trinajstić information content (AvgIpc) is 3.08. The molecule has 0 radical (unpaired) electrons. The number of hydrogen-bond donors (Lipinski definition) is 1. The Hall–Kier alpha value is -2.71. The Kier molecular flexibility index (Phi) is 7.59. The molecule has 1 heterocycles. The summed E-state index contributed by atoms with van der Waals surface area (Å²) in [5.74, 6) is -0.613. The molecular formula is C22H24FN3O3S. The van der Waals surface area contributed by atoms with Crippen molar-refractivity contribution >= 4 is 34.5 Å². The number of para-hydroxylation sites is 2. The topological polar surface area (TPSA) is 73.2 Å². The van der Waals surface area contributed by atoms with E-state index in [2.05, 4.69) is 10.3 Å². The highest BCUT2D eigenvalue weighted by Crippen LogP contribution is 2.25. The first kappa shape index (κ1) is 22.0. The molecule has 0 atom stereocenters. The van der Waals surface area contributed by atoms with E-state index in [4.69, 9.17) is 4.74 Å². The van der Waals surface area contributed by atoms with Crippen molar-refractivity contribution in [3.63, 3.8) is 0 Å². The number of hydrogen-bond acceptors (Lipinski definition) is 5. The van der Waals surface area contributed by atoms with Crippen LogP contribution in [-0.4, -0.2) is 47.3 Å². The number of fused-ring (bicyclic) bond motifs is 1. The second-order valence-electron chi connectivity index (χ2n) is 6.78. The molecule has 2 aromatic carbocycles. The van der Waals surface area contributed by atoms with Crippen LogP contribution in [-0.2, 0) is 22.5 Å². The van der Waals surface area contributed by atoms with Gasteiger partial charge >= 0.3 is 0 Å². The van der Waals surface area contributed by atoms with Crippen LogP contribution in [0.25, 0.3) is 11.0 Å². The highest BCUT2D eigenvalue weighted by molar-refractivity contribution is 7.99. The molecule has 158 valence electrons. The first-order chi connectivity index (χ1) is 14.5. The molecule has 0 saturated heterocycles. The van der Waals surface area contributed by atoms with Gasteiger partial charge in [0.25, 0.3) is 0 Å². The van der Waals surface area contributed by atoms with Crippen molar-refractivity contribution < 1.29 is 18.7 Å². The number of rotatable bonds is 10. The van der Waals surface area contributed by atoms with Gasteiger partial charge in [0, 0.05) is 32.7 Å². The maximum Gasteiger partial charge on any atom is 0.216 e. The fourth-order valence-electron chi connectivity index (χ4n) is 3.07. The zero-order valence-electron chi connectivity index (χ0n) is 17.0. The van der Waals surface area contributed by atoms with Crippen LogP contribution in [0.2, 0.25) is 0 Å². The predicted molar refractivity (Wildman–Crippen MR) is 115 cm³/mol. The molecule has 0 unspecified atom stereocenters. The summed E-state index contributed by atoms with van der Waals surface area (Å²) in [6, 6.07) is 12.3. The highest BCUT2D eigenvalue weighted by Gasteiger charge is 2.15. The summed E-state index contributed by atoms with van der Waals surface area (Å²) in [7, 11) is 1.64. The molecule has 1 amide bonds. The first-order valence-electron chi connectivity index (χ1n) is 9.62. The lowest BCUT2D eigenvalue weighted by atomic mass is 10.1. The number of aromatic nitrogens is 2. The minimum Gasteiger partial charge on any atom is -0.383 e. The lowest BCUT2D eigenvalue weighted by Gasteiger charge is -2.09. The summed E-state index contributed by atoms with van der Waals surface area (Å²) in [6.45, 7) is 2.94. The number of thioether (sulfide) groups is 1. The second kappa shape index (κ2) is 10.4. The lowest BCUT2D eigenvalue weighted by molar-refractivity contribution is -0.118. The van der Waals surface area contributed by atoms with Gasteiger partial charge in [0.05, 0.1) is 23.4 Å². The van der Waals surface area contributed by atoms with Crippen LogP contribution < -0.4 is 5.32 Å². The van der Waals surface area contributed by atoms with Crippen molar-refractivity contribution in [2.24, 2.45) is 0 Å². The summed E-state index contributed by atoms with van der Waals surface area (Å²) in [5, 5.41) is 3.36. The highest BCUT2D eigenvalue weighted by atomic mass is 32.2. The number of nitrogens with zero attached hydrogens (tertiary/aromatic N) is 2. The van der Waals surface area contributed by atoms with Crippen molar-refractivity contribution in [3.8, 4) is 0 Å². The minimum atomic E-state index is -0.441. The van der Waals surface area contributed by atoms with Crippen LogP contribution in [0.15, 0.2) is 47.6 Å². The van der Waals surface area contributed by atoms with Gasteiger partial charge in [0.2, 0.25) is 5.91 Å². The van der Waals surface area contributed by atoms with E-state index in [0.717, 1.165) is 16.2 Å². The number of Topliss-reactive ketones (excluding diaryl/α,β-unsaturated/α-hetero) is 1. The summed E-state index contributed by atoms with van der Waals surface area (Å²) < 4.78 is 21.6. The number of imidazole rings is 1. The van der Waals surface area contributed by atoms with E-state index >= 15 is 0 Å². The van der Waals surface area contributed by atoms with E-state index in [1.165, 1.54) is 24.8 Å². The summed E-state index contributed by atoms with van der Waals surface area (Å²) in [4.78, 5) is 28.2. The van der Waals surface area contributed by atoms with Gasteiger partial charge in [-0.15, -0.1) is 0 Å². The Balaban J connectivity index is 1.68. The fraction of sp³-hybridized carbons (Fsp3) is 0.318. The Morgan fingerprint density at radius 3 is 2.77 bits per heavy atom. The number of methoxy groups -OCH3 is 1. The Morgan fingerprint density at radius 2 is 2.03 bits per heavy atom. The monoisotopic (exact) mass is 429 g/mol. The van der Waals surface area contributed by atoms with Gasteiger partial charge in [0.1, 0.15) is 5.82 Å². The number of benzene rings is 2. The molecule has 3 rings (SSSR count). The zero-order valence-corrected chi connectivity index (χ0v) is 17.8. The van der Waals surface area contributed by atoms with Gasteiger partial charge in [-0.3, -0.25) is 9.59 Å². The van der Waals surface area contributed by atoms with Gasteiger partial charge < -0.3 is 14.6 Å². The molecule has 6 nitrogen and oxygen atoms in total. The number of nitrogens with one attached hydrogen (secondary N) is 1. The molecular weight excluding hydrogens is 405 g/mol. The van der Waals surface area contributed by atoms with E-state index in [1.54, 1.807) is 19.2 Å². The summed E-state index contributed by atoms with van der Waals surface area (Å²) in [5.41, 5.74) is 2.63. The SMILES string of the molecule is COCCn1c(SCC(=O)c2ccc(CCNC(C)=O)c(F)c2)nc2ccccc21. The Labute approximate surface area is 178 Å². The Bertz CT molecular complexity index is 1050. The largest absolute Gasteiger partial charge is 0.383 e. The van der Waals surface area contributed by atoms with Crippen LogP contribution in [0.5, 0.6) is 0 Å². The number of ketones is 1. The smallest absolute Gasteiger partial charge is 0.216 e. The number of ether oxygens (including phenoxy) is 1. The molecule has 0 spiro atoms. The third-order valence-corrected chi connectivity index (χ3v) is 5.59. The molecule has 0 aliphatic rings. The summed E-state index contributed by atoms with van der Waals surface area (Å²) >= 11 is 1.33. The summed E-state index contributed by atoms with van der Waals surface area (Å²) in [6.07, 6.45) is 0.373. The molecule has 0 saturated carbocycles. The van der Waals surface area contributed by atoms with Crippen molar-refractivity contribution in [2.75, 3.05) is 26.0 Å². The van der Waals surface area contributed by atoms with Crippen molar-refractivity contribution in [1.82, 2.24) is 14.9 Å². The molecule has 0 aliphatic carbocycles. The minimum absolute atomic E-state index is 0.154. The normalized spacial score (nSPS) is 11.0. The molecule has 0 bridgehead atoms. The van der Waals surface area contributed by atoms with E-state index in [-0.39, 0.29) is 17.4 Å². The number of halogens is 1.